The zero-order valence-electron chi connectivity index (χ0n) is 10.4. The van der Waals surface area contributed by atoms with Crippen molar-refractivity contribution in [3.8, 4) is 11.5 Å². The van der Waals surface area contributed by atoms with Crippen molar-refractivity contribution in [2.75, 3.05) is 13.1 Å². The largest absolute Gasteiger partial charge is 0.421 e. The van der Waals surface area contributed by atoms with Gasteiger partial charge in [-0.1, -0.05) is 0 Å². The number of thiophene rings is 1. The highest BCUT2D eigenvalue weighted by atomic mass is 32.2. The Bertz CT molecular complexity index is 684. The smallest absolute Gasteiger partial charge is 0.252 e. The van der Waals surface area contributed by atoms with Crippen molar-refractivity contribution in [1.82, 2.24) is 14.5 Å². The zero-order valence-corrected chi connectivity index (χ0v) is 12.0. The van der Waals surface area contributed by atoms with Crippen LogP contribution >= 0.6 is 11.3 Å². The molecule has 1 fully saturated rings. The average molecular weight is 299 g/mol. The topological polar surface area (TPSA) is 76.3 Å². The summed E-state index contributed by atoms with van der Waals surface area (Å²) in [6.45, 7) is 2.91. The Morgan fingerprint density at radius 3 is 2.68 bits per heavy atom. The molecule has 2 aromatic rings. The van der Waals surface area contributed by atoms with Gasteiger partial charge < -0.3 is 4.42 Å². The second-order valence-corrected chi connectivity index (χ2v) is 7.47. The summed E-state index contributed by atoms with van der Waals surface area (Å²) >= 11 is 1.19. The van der Waals surface area contributed by atoms with Crippen molar-refractivity contribution in [1.29, 1.82) is 0 Å². The van der Waals surface area contributed by atoms with Gasteiger partial charge in [0.05, 0.1) is 5.56 Å². The molecule has 102 valence electrons. The van der Waals surface area contributed by atoms with Crippen LogP contribution in [0.1, 0.15) is 18.7 Å². The minimum atomic E-state index is -3.36. The normalized spacial score (nSPS) is 17.1. The lowest BCUT2D eigenvalue weighted by atomic mass is 10.3. The Hall–Kier alpha value is -1.25. The third-order valence-electron chi connectivity index (χ3n) is 3.01. The molecule has 0 aliphatic carbocycles. The number of rotatable bonds is 3. The summed E-state index contributed by atoms with van der Waals surface area (Å²) < 4.78 is 31.9. The predicted molar refractivity (Wildman–Crippen MR) is 70.3 cm³/mol. The van der Waals surface area contributed by atoms with E-state index >= 15 is 0 Å². The monoisotopic (exact) mass is 299 g/mol. The average Bonchev–Trinajstić information content (AvgIpc) is 3.10. The number of nitrogens with zero attached hydrogens (tertiary/aromatic N) is 3. The Kier molecular flexibility index (Phi) is 3.15. The van der Waals surface area contributed by atoms with Crippen molar-refractivity contribution < 1.29 is 12.8 Å². The van der Waals surface area contributed by atoms with Crippen LogP contribution in [0.3, 0.4) is 0 Å². The summed E-state index contributed by atoms with van der Waals surface area (Å²) in [7, 11) is -3.36. The third-order valence-corrected chi connectivity index (χ3v) is 6.32. The Labute approximate surface area is 115 Å². The molecular formula is C11H13N3O3S2. The minimum Gasteiger partial charge on any atom is -0.421 e. The molecule has 2 aromatic heterocycles. The molecule has 0 saturated carbocycles. The Morgan fingerprint density at radius 1 is 1.32 bits per heavy atom. The molecule has 1 aliphatic heterocycles. The first kappa shape index (κ1) is 12.8. The van der Waals surface area contributed by atoms with Crippen molar-refractivity contribution >= 4 is 21.4 Å². The molecule has 6 nitrogen and oxygen atoms in total. The summed E-state index contributed by atoms with van der Waals surface area (Å²) in [6, 6.07) is 1.60. The third kappa shape index (κ3) is 2.31. The molecule has 8 heteroatoms. The number of aromatic nitrogens is 2. The first-order valence-corrected chi connectivity index (χ1v) is 8.28. The van der Waals surface area contributed by atoms with Gasteiger partial charge in [0.15, 0.2) is 0 Å². The number of sulfonamides is 1. The van der Waals surface area contributed by atoms with Crippen LogP contribution in [-0.4, -0.2) is 36.0 Å². The molecule has 0 spiro atoms. The first-order valence-electron chi connectivity index (χ1n) is 5.96. The van der Waals surface area contributed by atoms with E-state index in [1.54, 1.807) is 18.4 Å². The summed E-state index contributed by atoms with van der Waals surface area (Å²) in [5.74, 6) is 0.821. The van der Waals surface area contributed by atoms with E-state index in [0.717, 1.165) is 12.8 Å². The molecule has 0 aromatic carbocycles. The molecular weight excluding hydrogens is 286 g/mol. The lowest BCUT2D eigenvalue weighted by molar-refractivity contribution is 0.479. The van der Waals surface area contributed by atoms with Crippen molar-refractivity contribution in [2.45, 2.75) is 24.0 Å². The molecule has 3 rings (SSSR count). The van der Waals surface area contributed by atoms with Gasteiger partial charge in [0, 0.05) is 25.4 Å². The minimum absolute atomic E-state index is 0.334. The van der Waals surface area contributed by atoms with Gasteiger partial charge in [0.25, 0.3) is 10.0 Å². The molecule has 1 aliphatic rings. The van der Waals surface area contributed by atoms with Gasteiger partial charge in [-0.05, 0) is 18.9 Å². The maximum atomic E-state index is 12.4. The lowest BCUT2D eigenvalue weighted by Gasteiger charge is -2.13. The van der Waals surface area contributed by atoms with Crippen LogP contribution in [-0.2, 0) is 10.0 Å². The van der Waals surface area contributed by atoms with Crippen LogP contribution in [0, 0.1) is 6.92 Å². The molecule has 3 heterocycles. The molecule has 19 heavy (non-hydrogen) atoms. The second-order valence-electron chi connectivity index (χ2n) is 4.39. The SMILES string of the molecule is Cc1nnc(-c2csc(S(=O)(=O)N3CCCC3)c2)o1. The molecule has 0 unspecified atom stereocenters. The fourth-order valence-corrected chi connectivity index (χ4v) is 4.86. The molecule has 0 amide bonds. The molecule has 0 radical (unpaired) electrons. The lowest BCUT2D eigenvalue weighted by Crippen LogP contribution is -2.27. The molecule has 0 bridgehead atoms. The van der Waals surface area contributed by atoms with Gasteiger partial charge in [0.1, 0.15) is 4.21 Å². The predicted octanol–water partition coefficient (Wildman–Crippen LogP) is 1.89. The van der Waals surface area contributed by atoms with E-state index < -0.39 is 10.0 Å². The zero-order chi connectivity index (χ0) is 13.5. The standard InChI is InChI=1S/C11H13N3O3S2/c1-8-12-13-11(17-8)9-6-10(18-7-9)19(15,16)14-4-2-3-5-14/h6-7H,2-5H2,1H3. The van der Waals surface area contributed by atoms with Crippen LogP contribution in [0.5, 0.6) is 0 Å². The maximum absolute atomic E-state index is 12.4. The van der Waals surface area contributed by atoms with E-state index in [9.17, 15) is 8.42 Å². The van der Waals surface area contributed by atoms with E-state index in [1.807, 2.05) is 0 Å². The molecule has 0 atom stereocenters. The van der Waals surface area contributed by atoms with Crippen molar-refractivity contribution in [3.63, 3.8) is 0 Å². The summed E-state index contributed by atoms with van der Waals surface area (Å²) in [5, 5.41) is 9.36. The van der Waals surface area contributed by atoms with Gasteiger partial charge in [-0.2, -0.15) is 4.31 Å². The van der Waals surface area contributed by atoms with Gasteiger partial charge in [-0.3, -0.25) is 0 Å². The second kappa shape index (κ2) is 4.69. The molecule has 0 N–H and O–H groups in total. The summed E-state index contributed by atoms with van der Waals surface area (Å²) in [6.07, 6.45) is 1.86. The van der Waals surface area contributed by atoms with Gasteiger partial charge in [0.2, 0.25) is 11.8 Å². The van der Waals surface area contributed by atoms with Gasteiger partial charge in [-0.15, -0.1) is 21.5 Å². The van der Waals surface area contributed by atoms with Gasteiger partial charge >= 0.3 is 0 Å². The van der Waals surface area contributed by atoms with Crippen LogP contribution in [0.2, 0.25) is 0 Å². The summed E-state index contributed by atoms with van der Waals surface area (Å²) in [5.41, 5.74) is 0.656. The van der Waals surface area contributed by atoms with Crippen molar-refractivity contribution in [2.24, 2.45) is 0 Å². The van der Waals surface area contributed by atoms with E-state index in [-0.39, 0.29) is 0 Å². The fraction of sp³-hybridized carbons (Fsp3) is 0.455. The van der Waals surface area contributed by atoms with Crippen LogP contribution in [0.25, 0.3) is 11.5 Å². The van der Waals surface area contributed by atoms with E-state index in [2.05, 4.69) is 10.2 Å². The quantitative estimate of drug-likeness (QED) is 0.865. The van der Waals surface area contributed by atoms with Gasteiger partial charge in [-0.25, -0.2) is 8.42 Å². The fourth-order valence-electron chi connectivity index (χ4n) is 2.03. The van der Waals surface area contributed by atoms with Crippen LogP contribution in [0.15, 0.2) is 20.1 Å². The molecule has 1 saturated heterocycles. The highest BCUT2D eigenvalue weighted by Gasteiger charge is 2.29. The first-order chi connectivity index (χ1) is 9.07. The highest BCUT2D eigenvalue weighted by Crippen LogP contribution is 2.30. The van der Waals surface area contributed by atoms with Crippen molar-refractivity contribution in [3.05, 3.63) is 17.3 Å². The van der Waals surface area contributed by atoms with E-state index in [4.69, 9.17) is 4.42 Å². The number of hydrogen-bond donors (Lipinski definition) is 0. The summed E-state index contributed by atoms with van der Waals surface area (Å²) in [4.78, 5) is 0. The van der Waals surface area contributed by atoms with Crippen LogP contribution in [0.4, 0.5) is 0 Å². The number of hydrogen-bond acceptors (Lipinski definition) is 6. The number of aryl methyl sites for hydroxylation is 1. The Balaban J connectivity index is 1.93. The van der Waals surface area contributed by atoms with E-state index in [0.29, 0.717) is 34.6 Å². The van der Waals surface area contributed by atoms with Crippen LogP contribution < -0.4 is 0 Å². The maximum Gasteiger partial charge on any atom is 0.252 e. The van der Waals surface area contributed by atoms with E-state index in [1.165, 1.54) is 15.6 Å². The highest BCUT2D eigenvalue weighted by molar-refractivity contribution is 7.91. The Morgan fingerprint density at radius 2 is 2.05 bits per heavy atom.